The van der Waals surface area contributed by atoms with Crippen LogP contribution in [0.15, 0.2) is 102 Å². The van der Waals surface area contributed by atoms with Gasteiger partial charge >= 0.3 is 0 Å². The van der Waals surface area contributed by atoms with Crippen LogP contribution in [0.4, 0.5) is 11.4 Å². The second-order valence-electron chi connectivity index (χ2n) is 17.0. The third-order valence-corrected chi connectivity index (χ3v) is 14.3. The van der Waals surface area contributed by atoms with Crippen molar-refractivity contribution in [2.24, 2.45) is 5.41 Å². The van der Waals surface area contributed by atoms with Gasteiger partial charge in [0.1, 0.15) is 22.8 Å². The number of rotatable bonds is 12. The zero-order chi connectivity index (χ0) is 42.1. The molecule has 1 saturated carbocycles. The molecule has 2 aliphatic carbocycles. The van der Waals surface area contributed by atoms with Gasteiger partial charge in [-0.25, -0.2) is 18.1 Å². The average molecular weight is 843 g/mol. The lowest BCUT2D eigenvalue weighted by atomic mass is 9.59. The Morgan fingerprint density at radius 2 is 1.82 bits per heavy atom. The number of nitrogens with zero attached hydrogens (tertiary/aromatic N) is 3. The van der Waals surface area contributed by atoms with E-state index in [-0.39, 0.29) is 23.0 Å². The third kappa shape index (κ3) is 8.84. The molecule has 2 aromatic heterocycles. The fraction of sp³-hybridized carbons (Fsp3) is 0.362. The molecule has 316 valence electrons. The molecule has 0 atom stereocenters. The van der Waals surface area contributed by atoms with Crippen molar-refractivity contribution in [3.05, 3.63) is 129 Å². The Kier molecular flexibility index (Phi) is 11.2. The Morgan fingerprint density at radius 1 is 1.02 bits per heavy atom. The van der Waals surface area contributed by atoms with Crippen molar-refractivity contribution in [3.8, 4) is 11.5 Å². The molecular weight excluding hydrogens is 793 g/mol. The number of fused-ring (bicyclic) bond motifs is 1. The van der Waals surface area contributed by atoms with Crippen molar-refractivity contribution in [3.63, 3.8) is 0 Å². The molecular formula is C47H50N6O7S. The van der Waals surface area contributed by atoms with E-state index >= 15 is 0 Å². The molecule has 1 amide bonds. The van der Waals surface area contributed by atoms with Crippen LogP contribution in [0.5, 0.6) is 11.5 Å². The fourth-order valence-corrected chi connectivity index (χ4v) is 10.2. The van der Waals surface area contributed by atoms with Crippen LogP contribution >= 0.6 is 0 Å². The molecule has 2 aliphatic heterocycles. The van der Waals surface area contributed by atoms with E-state index in [1.54, 1.807) is 30.0 Å². The number of carbonyl (C=O) groups excluding carboxylic acids is 1. The minimum atomic E-state index is -4.55. The van der Waals surface area contributed by atoms with E-state index in [1.807, 2.05) is 12.1 Å². The van der Waals surface area contributed by atoms with Crippen LogP contribution in [0, 0.1) is 22.5 Å². The first kappa shape index (κ1) is 40.6. The summed E-state index contributed by atoms with van der Waals surface area (Å²) >= 11 is 0. The Bertz CT molecular complexity index is 2660. The first-order chi connectivity index (χ1) is 29.5. The summed E-state index contributed by atoms with van der Waals surface area (Å²) < 4.78 is 41.2. The van der Waals surface area contributed by atoms with E-state index in [0.717, 1.165) is 61.5 Å². The SMILES string of the molecule is Cc1ccc(C2=C(CN3CC=C(c4ccc(C(=O)NS(=O)(=O)c5ccc(NC6CCOCC6)c([N+](=O)[O-])c5)c(Oc5cnc6[nH]ccc6c5)c4)CC3)CCC3(CCC3)C2)cc1. The van der Waals surface area contributed by atoms with Gasteiger partial charge in [0.05, 0.1) is 21.6 Å². The molecule has 1 saturated heterocycles. The number of carbonyl (C=O) groups is 1. The summed E-state index contributed by atoms with van der Waals surface area (Å²) in [6, 6.07) is 21.3. The van der Waals surface area contributed by atoms with E-state index in [9.17, 15) is 23.3 Å². The summed E-state index contributed by atoms with van der Waals surface area (Å²) in [7, 11) is -4.55. The van der Waals surface area contributed by atoms with Gasteiger partial charge in [-0.2, -0.15) is 0 Å². The molecule has 13 nitrogen and oxygen atoms in total. The van der Waals surface area contributed by atoms with Crippen LogP contribution in [0.3, 0.4) is 0 Å². The van der Waals surface area contributed by atoms with E-state index in [0.29, 0.717) is 42.9 Å². The van der Waals surface area contributed by atoms with Gasteiger partial charge in [-0.15, -0.1) is 0 Å². The van der Waals surface area contributed by atoms with Gasteiger partial charge in [-0.05, 0) is 122 Å². The Labute approximate surface area is 355 Å². The molecule has 61 heavy (non-hydrogen) atoms. The molecule has 1 spiro atoms. The predicted molar refractivity (Wildman–Crippen MR) is 235 cm³/mol. The highest BCUT2D eigenvalue weighted by Gasteiger charge is 2.41. The number of ether oxygens (including phenoxy) is 2. The number of anilines is 1. The molecule has 0 bridgehead atoms. The molecule has 4 aliphatic rings. The van der Waals surface area contributed by atoms with E-state index < -0.39 is 31.4 Å². The zero-order valence-corrected chi connectivity index (χ0v) is 35.1. The zero-order valence-electron chi connectivity index (χ0n) is 34.2. The lowest BCUT2D eigenvalue weighted by molar-refractivity contribution is -0.384. The summed E-state index contributed by atoms with van der Waals surface area (Å²) in [6.45, 7) is 5.75. The Balaban J connectivity index is 0.959. The predicted octanol–water partition coefficient (Wildman–Crippen LogP) is 9.18. The Hall–Kier alpha value is -5.83. The van der Waals surface area contributed by atoms with Crippen LogP contribution < -0.4 is 14.8 Å². The van der Waals surface area contributed by atoms with Gasteiger partial charge in [0.2, 0.25) is 0 Å². The maximum absolute atomic E-state index is 13.9. The number of hydrogen-bond acceptors (Lipinski definition) is 10. The molecule has 14 heteroatoms. The quantitative estimate of drug-likeness (QED) is 0.0814. The lowest BCUT2D eigenvalue weighted by Crippen LogP contribution is -2.36. The smallest absolute Gasteiger partial charge is 0.293 e. The maximum atomic E-state index is 13.9. The lowest BCUT2D eigenvalue weighted by Gasteiger charge is -2.47. The van der Waals surface area contributed by atoms with Gasteiger partial charge in [-0.3, -0.25) is 19.8 Å². The Morgan fingerprint density at radius 3 is 2.56 bits per heavy atom. The number of benzene rings is 3. The van der Waals surface area contributed by atoms with Crippen molar-refractivity contribution >= 4 is 49.5 Å². The molecule has 9 rings (SSSR count). The number of hydrogen-bond donors (Lipinski definition) is 3. The van der Waals surface area contributed by atoms with Crippen LogP contribution in [-0.2, 0) is 14.8 Å². The number of aryl methyl sites for hydroxylation is 1. The fourth-order valence-electron chi connectivity index (χ4n) is 9.23. The van der Waals surface area contributed by atoms with Crippen molar-refractivity contribution in [2.45, 2.75) is 75.6 Å². The molecule has 2 fully saturated rings. The van der Waals surface area contributed by atoms with Gasteiger partial charge in [0.15, 0.2) is 0 Å². The summed E-state index contributed by atoms with van der Waals surface area (Å²) in [6.07, 6.45) is 15.2. The van der Waals surface area contributed by atoms with Crippen molar-refractivity contribution in [1.82, 2.24) is 19.6 Å². The average Bonchev–Trinajstić information content (AvgIpc) is 3.72. The number of amides is 1. The summed E-state index contributed by atoms with van der Waals surface area (Å²) in [5.41, 5.74) is 8.57. The van der Waals surface area contributed by atoms with E-state index in [1.165, 1.54) is 60.7 Å². The summed E-state index contributed by atoms with van der Waals surface area (Å²) in [5, 5.41) is 16.0. The van der Waals surface area contributed by atoms with Crippen molar-refractivity contribution in [1.29, 1.82) is 0 Å². The number of sulfonamides is 1. The largest absolute Gasteiger partial charge is 0.455 e. The highest BCUT2D eigenvalue weighted by molar-refractivity contribution is 7.90. The number of nitro benzene ring substituents is 1. The number of nitro groups is 1. The summed E-state index contributed by atoms with van der Waals surface area (Å²) in [5.74, 6) is -0.434. The molecule has 4 heterocycles. The van der Waals surface area contributed by atoms with Gasteiger partial charge in [0.25, 0.3) is 21.6 Å². The highest BCUT2D eigenvalue weighted by Crippen LogP contribution is 2.55. The van der Waals surface area contributed by atoms with Crippen molar-refractivity contribution in [2.75, 3.05) is 38.2 Å². The molecule has 0 radical (unpaired) electrons. The minimum Gasteiger partial charge on any atom is -0.455 e. The van der Waals surface area contributed by atoms with Crippen LogP contribution in [0.2, 0.25) is 0 Å². The monoisotopic (exact) mass is 842 g/mol. The van der Waals surface area contributed by atoms with E-state index in [2.05, 4.69) is 62.2 Å². The number of allylic oxidation sites excluding steroid dienone is 1. The standard InChI is InChI=1S/C47H50N6O7S/c1-31-3-5-33(6-4-31)41-28-47(17-2-18-47)19-11-36(41)30-52-21-13-32(14-22-52)34-7-9-40(44(26-34)60-38-25-35-12-20-48-45(35)49-29-38)46(54)51-61(57,58)39-8-10-42(43(27-39)53(55)56)50-37-15-23-59-24-16-37/h3-10,12-13,20,25-27,29,37,50H,2,11,14-19,21-24,28,30H2,1H3,(H,48,49)(H,51,54). The highest BCUT2D eigenvalue weighted by atomic mass is 32.2. The number of aromatic nitrogens is 2. The number of H-pyrrole nitrogens is 1. The number of pyridine rings is 1. The normalized spacial score (nSPS) is 18.4. The minimum absolute atomic E-state index is 0.0241. The molecule has 0 unspecified atom stereocenters. The third-order valence-electron chi connectivity index (χ3n) is 12.9. The molecule has 3 aromatic carbocycles. The first-order valence-corrected chi connectivity index (χ1v) is 22.6. The topological polar surface area (TPSA) is 169 Å². The van der Waals surface area contributed by atoms with Crippen LogP contribution in [0.25, 0.3) is 22.2 Å². The maximum Gasteiger partial charge on any atom is 0.293 e. The molecule has 5 aromatic rings. The first-order valence-electron chi connectivity index (χ1n) is 21.2. The number of aromatic amines is 1. The van der Waals surface area contributed by atoms with Crippen molar-refractivity contribution < 1.29 is 27.6 Å². The van der Waals surface area contributed by atoms with Gasteiger partial charge in [0, 0.05) is 56.5 Å². The second kappa shape index (κ2) is 16.9. The summed E-state index contributed by atoms with van der Waals surface area (Å²) in [4.78, 5) is 34.9. The van der Waals surface area contributed by atoms with Crippen LogP contribution in [0.1, 0.15) is 84.8 Å². The van der Waals surface area contributed by atoms with E-state index in [4.69, 9.17) is 9.47 Å². The van der Waals surface area contributed by atoms with Gasteiger partial charge < -0.3 is 19.8 Å². The second-order valence-corrected chi connectivity index (χ2v) is 18.7. The van der Waals surface area contributed by atoms with Crippen LogP contribution in [-0.4, -0.2) is 73.0 Å². The van der Waals surface area contributed by atoms with Gasteiger partial charge in [-0.1, -0.05) is 54.0 Å². The number of nitrogens with one attached hydrogen (secondary N) is 3. The molecule has 3 N–H and O–H groups in total.